The molecule has 0 amide bonds. The fourth-order valence-corrected chi connectivity index (χ4v) is 0.685. The van der Waals surface area contributed by atoms with E-state index in [1.807, 2.05) is 0 Å². The second kappa shape index (κ2) is 2.17. The summed E-state index contributed by atoms with van der Waals surface area (Å²) in [4.78, 5) is 0. The summed E-state index contributed by atoms with van der Waals surface area (Å²) >= 11 is 0. The van der Waals surface area contributed by atoms with Crippen LogP contribution < -0.4 is 5.73 Å². The minimum absolute atomic E-state index is 0.0995. The number of phenolic OH excluding ortho intramolecular Hbond substituents is 1. The van der Waals surface area contributed by atoms with E-state index in [0.29, 0.717) is 5.56 Å². The van der Waals surface area contributed by atoms with E-state index in [0.717, 1.165) is 6.07 Å². The van der Waals surface area contributed by atoms with Gasteiger partial charge in [0, 0.05) is 17.3 Å². The lowest BCUT2D eigenvalue weighted by Gasteiger charge is -2.01. The Labute approximate surface area is 58.1 Å². The van der Waals surface area contributed by atoms with Crippen molar-refractivity contribution in [3.63, 3.8) is 0 Å². The van der Waals surface area contributed by atoms with Crippen LogP contribution in [0.5, 0.6) is 5.75 Å². The molecule has 0 aliphatic rings. The Bertz CT molecular complexity index is 237. The van der Waals surface area contributed by atoms with Gasteiger partial charge in [0.25, 0.3) is 0 Å². The molecule has 3 N–H and O–H groups in total. The van der Waals surface area contributed by atoms with Gasteiger partial charge >= 0.3 is 0 Å². The molecule has 0 aromatic heterocycles. The first-order chi connectivity index (χ1) is 4.61. The van der Waals surface area contributed by atoms with Crippen LogP contribution in [-0.4, -0.2) is 5.11 Å². The summed E-state index contributed by atoms with van der Waals surface area (Å²) in [5.41, 5.74) is 6.11. The van der Waals surface area contributed by atoms with Crippen LogP contribution >= 0.6 is 0 Å². The summed E-state index contributed by atoms with van der Waals surface area (Å²) in [6.45, 7) is 1.63. The zero-order valence-corrected chi connectivity index (χ0v) is 5.56. The highest BCUT2D eigenvalue weighted by molar-refractivity contribution is 5.52. The highest BCUT2D eigenvalue weighted by Gasteiger charge is 2.01. The summed E-state index contributed by atoms with van der Waals surface area (Å²) in [6, 6.07) is 2.21. The van der Waals surface area contributed by atoms with Gasteiger partial charge in [-0.1, -0.05) is 0 Å². The molecular formula is C7H8FNO. The van der Waals surface area contributed by atoms with Crippen LogP contribution in [0.1, 0.15) is 5.56 Å². The average Bonchev–Trinajstić information content (AvgIpc) is 1.82. The van der Waals surface area contributed by atoms with Gasteiger partial charge in [-0.15, -0.1) is 0 Å². The maximum Gasteiger partial charge on any atom is 0.128 e. The molecule has 0 heterocycles. The quantitative estimate of drug-likeness (QED) is 0.537. The van der Waals surface area contributed by atoms with Crippen molar-refractivity contribution in [2.45, 2.75) is 6.92 Å². The number of rotatable bonds is 0. The van der Waals surface area contributed by atoms with Gasteiger partial charge in [0.15, 0.2) is 0 Å². The van der Waals surface area contributed by atoms with Crippen molar-refractivity contribution in [1.29, 1.82) is 0 Å². The van der Waals surface area contributed by atoms with Crippen molar-refractivity contribution in [3.8, 4) is 5.75 Å². The number of benzene rings is 1. The van der Waals surface area contributed by atoms with E-state index in [4.69, 9.17) is 10.8 Å². The SMILES string of the molecule is Cc1c(N)cc(F)cc1O. The second-order valence-electron chi connectivity index (χ2n) is 2.14. The van der Waals surface area contributed by atoms with E-state index in [-0.39, 0.29) is 11.4 Å². The van der Waals surface area contributed by atoms with Crippen LogP contribution in [0.2, 0.25) is 0 Å². The van der Waals surface area contributed by atoms with Crippen molar-refractivity contribution in [2.75, 3.05) is 5.73 Å². The number of aromatic hydroxyl groups is 1. The molecular weight excluding hydrogens is 133 g/mol. The Hall–Kier alpha value is -1.25. The lowest BCUT2D eigenvalue weighted by atomic mass is 10.2. The summed E-state index contributed by atoms with van der Waals surface area (Å²) in [5.74, 6) is -0.613. The van der Waals surface area contributed by atoms with Gasteiger partial charge in [-0.2, -0.15) is 0 Å². The maximum atomic E-state index is 12.4. The van der Waals surface area contributed by atoms with Crippen molar-refractivity contribution >= 4 is 5.69 Å². The van der Waals surface area contributed by atoms with E-state index in [1.165, 1.54) is 6.07 Å². The number of hydrogen-bond donors (Lipinski definition) is 2. The highest BCUT2D eigenvalue weighted by atomic mass is 19.1. The summed E-state index contributed by atoms with van der Waals surface area (Å²) in [5, 5.41) is 8.96. The molecule has 0 fully saturated rings. The molecule has 10 heavy (non-hydrogen) atoms. The van der Waals surface area contributed by atoms with Crippen LogP contribution in [0, 0.1) is 12.7 Å². The van der Waals surface area contributed by atoms with Crippen molar-refractivity contribution in [3.05, 3.63) is 23.5 Å². The summed E-state index contributed by atoms with van der Waals surface area (Å²) < 4.78 is 12.4. The molecule has 2 nitrogen and oxygen atoms in total. The summed E-state index contributed by atoms with van der Waals surface area (Å²) in [7, 11) is 0. The van der Waals surface area contributed by atoms with Gasteiger partial charge in [0.05, 0.1) is 0 Å². The fourth-order valence-electron chi connectivity index (χ4n) is 0.685. The van der Waals surface area contributed by atoms with Crippen molar-refractivity contribution < 1.29 is 9.50 Å². The van der Waals surface area contributed by atoms with Crippen LogP contribution in [-0.2, 0) is 0 Å². The van der Waals surface area contributed by atoms with Crippen molar-refractivity contribution in [2.24, 2.45) is 0 Å². The van der Waals surface area contributed by atoms with E-state index in [1.54, 1.807) is 6.92 Å². The number of anilines is 1. The zero-order chi connectivity index (χ0) is 7.72. The molecule has 0 unspecified atom stereocenters. The first-order valence-electron chi connectivity index (χ1n) is 2.86. The Balaban J connectivity index is 3.31. The van der Waals surface area contributed by atoms with Crippen LogP contribution in [0.3, 0.4) is 0 Å². The normalized spacial score (nSPS) is 9.80. The zero-order valence-electron chi connectivity index (χ0n) is 5.56. The van der Waals surface area contributed by atoms with Gasteiger partial charge < -0.3 is 10.8 Å². The Kier molecular flexibility index (Phi) is 1.49. The molecule has 0 aliphatic heterocycles. The third-order valence-corrected chi connectivity index (χ3v) is 1.39. The number of hydrogen-bond acceptors (Lipinski definition) is 2. The molecule has 0 saturated carbocycles. The second-order valence-corrected chi connectivity index (χ2v) is 2.14. The highest BCUT2D eigenvalue weighted by Crippen LogP contribution is 2.22. The minimum atomic E-state index is -0.513. The minimum Gasteiger partial charge on any atom is -0.507 e. The molecule has 0 saturated heterocycles. The first-order valence-corrected chi connectivity index (χ1v) is 2.86. The smallest absolute Gasteiger partial charge is 0.128 e. The van der Waals surface area contributed by atoms with Gasteiger partial charge in [-0.25, -0.2) is 4.39 Å². The van der Waals surface area contributed by atoms with E-state index in [9.17, 15) is 4.39 Å². The molecule has 0 spiro atoms. The molecule has 0 radical (unpaired) electrons. The largest absolute Gasteiger partial charge is 0.507 e. The lowest BCUT2D eigenvalue weighted by molar-refractivity contribution is 0.465. The number of halogens is 1. The molecule has 54 valence electrons. The predicted molar refractivity (Wildman–Crippen MR) is 37.2 cm³/mol. The number of nitrogens with two attached hydrogens (primary N) is 1. The Morgan fingerprint density at radius 1 is 1.50 bits per heavy atom. The monoisotopic (exact) mass is 141 g/mol. The maximum absolute atomic E-state index is 12.4. The fraction of sp³-hybridized carbons (Fsp3) is 0.143. The van der Waals surface area contributed by atoms with Crippen LogP contribution in [0.25, 0.3) is 0 Å². The molecule has 1 rings (SSSR count). The van der Waals surface area contributed by atoms with Crippen molar-refractivity contribution in [1.82, 2.24) is 0 Å². The molecule has 3 heteroatoms. The first kappa shape index (κ1) is 6.86. The molecule has 0 atom stereocenters. The Morgan fingerprint density at radius 3 is 2.60 bits per heavy atom. The molecule has 1 aromatic rings. The standard InChI is InChI=1S/C7H8FNO/c1-4-6(9)2-5(8)3-7(4)10/h2-3,10H,9H2,1H3. The number of nitrogen functional groups attached to an aromatic ring is 1. The lowest BCUT2D eigenvalue weighted by Crippen LogP contribution is -1.90. The third-order valence-electron chi connectivity index (χ3n) is 1.39. The molecule has 1 aromatic carbocycles. The van der Waals surface area contributed by atoms with Crippen LogP contribution in [0.15, 0.2) is 12.1 Å². The Morgan fingerprint density at radius 2 is 2.10 bits per heavy atom. The van der Waals surface area contributed by atoms with E-state index >= 15 is 0 Å². The summed E-state index contributed by atoms with van der Waals surface area (Å²) in [6.07, 6.45) is 0. The van der Waals surface area contributed by atoms with Gasteiger partial charge in [-0.3, -0.25) is 0 Å². The van der Waals surface area contributed by atoms with Gasteiger partial charge in [0.2, 0.25) is 0 Å². The van der Waals surface area contributed by atoms with E-state index in [2.05, 4.69) is 0 Å². The molecule has 0 aliphatic carbocycles. The van der Waals surface area contributed by atoms with Crippen LogP contribution in [0.4, 0.5) is 10.1 Å². The third kappa shape index (κ3) is 1.03. The number of phenols is 1. The van der Waals surface area contributed by atoms with Gasteiger partial charge in [-0.05, 0) is 13.0 Å². The predicted octanol–water partition coefficient (Wildman–Crippen LogP) is 1.42. The average molecular weight is 141 g/mol. The van der Waals surface area contributed by atoms with E-state index < -0.39 is 5.82 Å². The van der Waals surface area contributed by atoms with Gasteiger partial charge in [0.1, 0.15) is 11.6 Å². The molecule has 0 bridgehead atoms. The topological polar surface area (TPSA) is 46.2 Å².